The average molecular weight is 1220 g/mol. The Bertz CT molecular complexity index is 3790. The zero-order valence-corrected chi connectivity index (χ0v) is 51.2. The summed E-state index contributed by atoms with van der Waals surface area (Å²) in [4.78, 5) is 10.9. The Morgan fingerprint density at radius 2 is 0.873 bits per heavy atom. The Labute approximate surface area is 485 Å². The number of rotatable bonds is 8. The summed E-state index contributed by atoms with van der Waals surface area (Å²) in [5.41, 5.74) is 20.8. The van der Waals surface area contributed by atoms with E-state index >= 15 is 0 Å². The Kier molecular flexibility index (Phi) is 15.2. The fraction of sp³-hybridized carbons (Fsp3) is 0.270. The topological polar surface area (TPSA) is 50.9 Å². The van der Waals surface area contributed by atoms with Crippen LogP contribution < -0.4 is 0 Å². The number of phenolic OH excluding ortho intramolecular Hbond substituents is 1. The molecule has 4 nitrogen and oxygen atoms in total. The molecular formula is C74H76N3OPt-. The summed E-state index contributed by atoms with van der Waals surface area (Å²) < 4.78 is 2.34. The van der Waals surface area contributed by atoms with Gasteiger partial charge in [-0.2, -0.15) is 0 Å². The van der Waals surface area contributed by atoms with Crippen LogP contribution in [0.15, 0.2) is 182 Å². The predicted octanol–water partition coefficient (Wildman–Crippen LogP) is 20.1. The summed E-state index contributed by atoms with van der Waals surface area (Å²) in [5, 5.41) is 12.9. The maximum absolute atomic E-state index is 12.9. The molecule has 0 saturated heterocycles. The van der Waals surface area contributed by atoms with E-state index in [0.717, 1.165) is 89.2 Å². The van der Waals surface area contributed by atoms with Gasteiger partial charge < -0.3 is 5.11 Å². The van der Waals surface area contributed by atoms with E-state index in [1.54, 1.807) is 0 Å². The number of hydrogen-bond donors (Lipinski definition) is 1. The van der Waals surface area contributed by atoms with Gasteiger partial charge in [0.2, 0.25) is 0 Å². The molecule has 0 aliphatic heterocycles. The van der Waals surface area contributed by atoms with E-state index in [1.807, 2.05) is 6.20 Å². The minimum Gasteiger partial charge on any atom is -0.507 e. The van der Waals surface area contributed by atoms with Crippen molar-refractivity contribution >= 4 is 11.0 Å². The number of hydrogen-bond acceptors (Lipinski definition) is 3. The summed E-state index contributed by atoms with van der Waals surface area (Å²) in [6, 6.07) is 67.6. The number of para-hydroxylation sites is 1. The molecule has 0 radical (unpaired) electrons. The molecule has 0 saturated carbocycles. The summed E-state index contributed by atoms with van der Waals surface area (Å²) >= 11 is 0. The third kappa shape index (κ3) is 11.4. The van der Waals surface area contributed by atoms with Crippen molar-refractivity contribution in [3.63, 3.8) is 0 Å². The van der Waals surface area contributed by atoms with E-state index in [0.29, 0.717) is 11.4 Å². The largest absolute Gasteiger partial charge is 0.507 e. The van der Waals surface area contributed by atoms with Crippen molar-refractivity contribution in [1.29, 1.82) is 0 Å². The van der Waals surface area contributed by atoms with Gasteiger partial charge in [0, 0.05) is 49.6 Å². The molecule has 0 spiro atoms. The van der Waals surface area contributed by atoms with Gasteiger partial charge in [0.05, 0.1) is 22.3 Å². The molecule has 0 aliphatic carbocycles. The number of fused-ring (bicyclic) bond motifs is 1. The van der Waals surface area contributed by atoms with Crippen LogP contribution in [0.1, 0.15) is 132 Å². The van der Waals surface area contributed by atoms with Crippen LogP contribution in [-0.2, 0) is 48.1 Å². The quantitative estimate of drug-likeness (QED) is 0.154. The van der Waals surface area contributed by atoms with Gasteiger partial charge in [0.1, 0.15) is 11.6 Å². The molecule has 0 unspecified atom stereocenters. The number of phenols is 1. The minimum absolute atomic E-state index is 0. The van der Waals surface area contributed by atoms with Crippen molar-refractivity contribution in [1.82, 2.24) is 14.5 Å². The van der Waals surface area contributed by atoms with Crippen molar-refractivity contribution in [2.24, 2.45) is 0 Å². The molecule has 2 heterocycles. The van der Waals surface area contributed by atoms with Gasteiger partial charge in [-0.1, -0.05) is 248 Å². The smallest absolute Gasteiger partial charge is 0.148 e. The number of nitrogens with zero attached hydrogens (tertiary/aromatic N) is 3. The molecule has 10 aromatic rings. The Hall–Kier alpha value is -7.13. The van der Waals surface area contributed by atoms with Crippen LogP contribution in [0, 0.1) is 6.07 Å². The second-order valence-corrected chi connectivity index (χ2v) is 26.5. The first-order valence-corrected chi connectivity index (χ1v) is 27.7. The fourth-order valence-electron chi connectivity index (χ4n) is 10.8. The fourth-order valence-corrected chi connectivity index (χ4v) is 10.8. The van der Waals surface area contributed by atoms with E-state index in [-0.39, 0.29) is 53.9 Å². The molecule has 8 aromatic carbocycles. The maximum Gasteiger partial charge on any atom is 0.148 e. The first kappa shape index (κ1) is 56.6. The van der Waals surface area contributed by atoms with Crippen LogP contribution >= 0.6 is 0 Å². The van der Waals surface area contributed by atoms with Gasteiger partial charge in [0.25, 0.3) is 0 Å². The molecule has 0 atom stereocenters. The Balaban J connectivity index is 0.00000757. The number of imidazole rings is 1. The molecule has 0 amide bonds. The number of aromatic nitrogens is 3. The monoisotopic (exact) mass is 1220 g/mol. The zero-order valence-electron chi connectivity index (χ0n) is 48.9. The van der Waals surface area contributed by atoms with E-state index in [1.165, 1.54) is 22.3 Å². The Morgan fingerprint density at radius 1 is 0.392 bits per heavy atom. The van der Waals surface area contributed by atoms with Gasteiger partial charge in [-0.25, -0.2) is 4.98 Å². The number of pyridine rings is 1. The standard InChI is InChI=1S/C74H76N3O.Pt/c1-70(2,3)54-40-52(39-53(41-54)64-42-51(37-38-75-64)47-33-35-50(36-34-47)57-29-22-23-31-62(57)73(10,11)12)58-30-24-32-65-66(58)76-69(61-45-56(72(7,8)9)46-63(68(61)78)74(13,14)15)77(65)67-59(48-25-18-16-19-26-48)43-55(71(4,5)6)44-60(67)49-27-20-17-21-28-49;/h16-38,40-46,78H,1-15H3;/q-1;. The molecule has 10 rings (SSSR count). The minimum atomic E-state index is -0.368. The molecule has 0 aliphatic rings. The van der Waals surface area contributed by atoms with Crippen molar-refractivity contribution in [3.05, 3.63) is 216 Å². The van der Waals surface area contributed by atoms with Crippen molar-refractivity contribution < 1.29 is 26.2 Å². The van der Waals surface area contributed by atoms with Crippen molar-refractivity contribution in [2.45, 2.75) is 131 Å². The summed E-state index contributed by atoms with van der Waals surface area (Å²) in [7, 11) is 0. The van der Waals surface area contributed by atoms with Crippen LogP contribution in [0.25, 0.3) is 95.0 Å². The van der Waals surface area contributed by atoms with E-state index < -0.39 is 0 Å². The SMILES string of the molecule is CC(C)(C)c1cc(-c2cc(-c3ccc(-c4ccccc4C(C)(C)C)cc3)ccn2)[c-]c(-c2cccc3c2nc(-c2cc(C(C)(C)C)cc(C(C)(C)C)c2O)n3-c2c(-c3ccccc3)cc(C(C)(C)C)cc2-c2ccccc2)c1.[Pt]. The third-order valence-electron chi connectivity index (χ3n) is 15.4. The number of benzene rings is 8. The average Bonchev–Trinajstić information content (AvgIpc) is 3.92. The van der Waals surface area contributed by atoms with Crippen LogP contribution in [0.2, 0.25) is 0 Å². The van der Waals surface area contributed by atoms with Crippen molar-refractivity contribution in [2.75, 3.05) is 0 Å². The van der Waals surface area contributed by atoms with Gasteiger partial charge in [-0.3, -0.25) is 9.55 Å². The maximum atomic E-state index is 12.9. The van der Waals surface area contributed by atoms with Crippen LogP contribution in [0.4, 0.5) is 0 Å². The zero-order chi connectivity index (χ0) is 55.7. The normalized spacial score (nSPS) is 12.4. The van der Waals surface area contributed by atoms with Gasteiger partial charge in [-0.15, -0.1) is 29.3 Å². The van der Waals surface area contributed by atoms with Crippen LogP contribution in [-0.4, -0.2) is 19.6 Å². The van der Waals surface area contributed by atoms with Gasteiger partial charge in [-0.05, 0) is 107 Å². The van der Waals surface area contributed by atoms with Crippen molar-refractivity contribution in [3.8, 4) is 89.7 Å². The molecule has 0 bridgehead atoms. The molecule has 2 aromatic heterocycles. The molecule has 79 heavy (non-hydrogen) atoms. The van der Waals surface area contributed by atoms with E-state index in [2.05, 4.69) is 290 Å². The van der Waals surface area contributed by atoms with Crippen LogP contribution in [0.5, 0.6) is 5.75 Å². The van der Waals surface area contributed by atoms with Crippen LogP contribution in [0.3, 0.4) is 0 Å². The molecule has 0 fully saturated rings. The predicted molar refractivity (Wildman–Crippen MR) is 331 cm³/mol. The van der Waals surface area contributed by atoms with Gasteiger partial charge in [0.15, 0.2) is 0 Å². The van der Waals surface area contributed by atoms with E-state index in [4.69, 9.17) is 9.97 Å². The van der Waals surface area contributed by atoms with Gasteiger partial charge >= 0.3 is 0 Å². The third-order valence-corrected chi connectivity index (χ3v) is 15.4. The van der Waals surface area contributed by atoms with E-state index in [9.17, 15) is 5.11 Å². The Morgan fingerprint density at radius 3 is 1.44 bits per heavy atom. The molecule has 5 heteroatoms. The second kappa shape index (κ2) is 21.2. The number of aromatic hydroxyl groups is 1. The molecule has 404 valence electrons. The molecular weight excluding hydrogens is 1140 g/mol. The summed E-state index contributed by atoms with van der Waals surface area (Å²) in [6.45, 7) is 33.7. The summed E-state index contributed by atoms with van der Waals surface area (Å²) in [6.07, 6.45) is 1.92. The second-order valence-electron chi connectivity index (χ2n) is 26.5. The first-order valence-electron chi connectivity index (χ1n) is 27.7. The first-order chi connectivity index (χ1) is 36.8. The molecule has 1 N–H and O–H groups in total. The summed E-state index contributed by atoms with van der Waals surface area (Å²) in [5.74, 6) is 0.903.